The van der Waals surface area contributed by atoms with Gasteiger partial charge in [-0.3, -0.25) is 4.90 Å². The van der Waals surface area contributed by atoms with Crippen LogP contribution in [0, 0.1) is 0 Å². The number of hydrogen-bond acceptors (Lipinski definition) is 5. The number of sulfone groups is 1. The zero-order chi connectivity index (χ0) is 12.2. The molecule has 0 saturated carbocycles. The lowest BCUT2D eigenvalue weighted by Crippen LogP contribution is -2.49. The molecule has 96 valence electrons. The first-order valence-electron chi connectivity index (χ1n) is 5.61. The van der Waals surface area contributed by atoms with Gasteiger partial charge in [-0.25, -0.2) is 8.42 Å². The van der Waals surface area contributed by atoms with Crippen LogP contribution in [0.5, 0.6) is 0 Å². The molecule has 0 bridgehead atoms. The summed E-state index contributed by atoms with van der Waals surface area (Å²) < 4.78 is 28.5. The van der Waals surface area contributed by atoms with Gasteiger partial charge in [0.1, 0.15) is 0 Å². The van der Waals surface area contributed by atoms with Crippen LogP contribution in [0.25, 0.3) is 0 Å². The Morgan fingerprint density at radius 2 is 2.19 bits per heavy atom. The molecule has 1 aliphatic rings. The highest BCUT2D eigenvalue weighted by molar-refractivity contribution is 7.92. The number of ether oxygens (including phenoxy) is 1. The van der Waals surface area contributed by atoms with Crippen molar-refractivity contribution >= 4 is 9.84 Å². The van der Waals surface area contributed by atoms with E-state index in [1.165, 1.54) is 0 Å². The molecule has 5 nitrogen and oxygen atoms in total. The molecule has 0 aromatic rings. The molecule has 1 rings (SSSR count). The Morgan fingerprint density at radius 1 is 1.50 bits per heavy atom. The van der Waals surface area contributed by atoms with Crippen molar-refractivity contribution in [1.29, 1.82) is 0 Å². The second kappa shape index (κ2) is 5.95. The van der Waals surface area contributed by atoms with Crippen molar-refractivity contribution in [2.24, 2.45) is 0 Å². The van der Waals surface area contributed by atoms with Gasteiger partial charge in [0, 0.05) is 13.1 Å². The molecule has 1 aliphatic heterocycles. The Balaban J connectivity index is 2.47. The molecule has 1 unspecified atom stereocenters. The number of aliphatic hydroxyl groups excluding tert-OH is 1. The van der Waals surface area contributed by atoms with Crippen LogP contribution < -0.4 is 0 Å². The maximum Gasteiger partial charge on any atom is 0.153 e. The summed E-state index contributed by atoms with van der Waals surface area (Å²) in [7, 11) is -2.99. The molecule has 0 aromatic heterocycles. The average Bonchev–Trinajstić information content (AvgIpc) is 2.26. The topological polar surface area (TPSA) is 66.8 Å². The standard InChI is InChI=1S/C10H21NO4S/c1-9(2)16(13,14)6-4-11-3-5-15-8-10(11)7-12/h9-10,12H,3-8H2,1-2H3. The molecule has 0 aliphatic carbocycles. The molecule has 1 atom stereocenters. The van der Waals surface area contributed by atoms with Gasteiger partial charge in [-0.2, -0.15) is 0 Å². The fourth-order valence-corrected chi connectivity index (χ4v) is 2.59. The van der Waals surface area contributed by atoms with Gasteiger partial charge in [-0.15, -0.1) is 0 Å². The van der Waals surface area contributed by atoms with Crippen molar-refractivity contribution in [3.63, 3.8) is 0 Å². The molecule has 0 spiro atoms. The van der Waals surface area contributed by atoms with Crippen LogP contribution in [0.1, 0.15) is 13.8 Å². The van der Waals surface area contributed by atoms with E-state index in [1.54, 1.807) is 13.8 Å². The summed E-state index contributed by atoms with van der Waals surface area (Å²) in [5.41, 5.74) is 0. The van der Waals surface area contributed by atoms with Crippen LogP contribution >= 0.6 is 0 Å². The van der Waals surface area contributed by atoms with Crippen LogP contribution in [0.15, 0.2) is 0 Å². The molecule has 0 aromatic carbocycles. The highest BCUT2D eigenvalue weighted by Crippen LogP contribution is 2.08. The predicted octanol–water partition coefficient (Wildman–Crippen LogP) is -0.497. The summed E-state index contributed by atoms with van der Waals surface area (Å²) in [5, 5.41) is 8.80. The quantitative estimate of drug-likeness (QED) is 0.714. The fourth-order valence-electron chi connectivity index (χ4n) is 1.63. The highest BCUT2D eigenvalue weighted by atomic mass is 32.2. The third-order valence-electron chi connectivity index (χ3n) is 2.94. The maximum atomic E-state index is 11.6. The Hall–Kier alpha value is -0.170. The third-order valence-corrected chi connectivity index (χ3v) is 5.13. The van der Waals surface area contributed by atoms with E-state index in [9.17, 15) is 8.42 Å². The molecule has 1 heterocycles. The number of nitrogens with zero attached hydrogens (tertiary/aromatic N) is 1. The van der Waals surface area contributed by atoms with Gasteiger partial charge in [0.05, 0.1) is 36.9 Å². The van der Waals surface area contributed by atoms with E-state index >= 15 is 0 Å². The monoisotopic (exact) mass is 251 g/mol. The summed E-state index contributed by atoms with van der Waals surface area (Å²) in [5.74, 6) is 0.154. The van der Waals surface area contributed by atoms with Crippen molar-refractivity contribution in [2.75, 3.05) is 38.7 Å². The van der Waals surface area contributed by atoms with E-state index < -0.39 is 9.84 Å². The zero-order valence-corrected chi connectivity index (χ0v) is 10.7. The van der Waals surface area contributed by atoms with Crippen LogP contribution in [-0.2, 0) is 14.6 Å². The molecule has 0 radical (unpaired) electrons. The molecular formula is C10H21NO4S. The van der Waals surface area contributed by atoms with Gasteiger partial charge in [-0.1, -0.05) is 0 Å². The summed E-state index contributed by atoms with van der Waals surface area (Å²) in [6.07, 6.45) is 0. The second-order valence-corrected chi connectivity index (χ2v) is 7.04. The fraction of sp³-hybridized carbons (Fsp3) is 1.00. The van der Waals surface area contributed by atoms with Gasteiger partial charge < -0.3 is 9.84 Å². The van der Waals surface area contributed by atoms with E-state index in [4.69, 9.17) is 9.84 Å². The lowest BCUT2D eigenvalue weighted by Gasteiger charge is -2.34. The Kier molecular flexibility index (Phi) is 5.17. The van der Waals surface area contributed by atoms with E-state index in [-0.39, 0.29) is 23.7 Å². The molecule has 6 heteroatoms. The van der Waals surface area contributed by atoms with Gasteiger partial charge in [-0.05, 0) is 13.8 Å². The van der Waals surface area contributed by atoms with Crippen molar-refractivity contribution < 1.29 is 18.3 Å². The van der Waals surface area contributed by atoms with Gasteiger partial charge in [0.2, 0.25) is 0 Å². The molecule has 1 fully saturated rings. The average molecular weight is 251 g/mol. The summed E-state index contributed by atoms with van der Waals surface area (Å²) in [6.45, 7) is 5.67. The summed E-state index contributed by atoms with van der Waals surface area (Å²) in [4.78, 5) is 1.99. The van der Waals surface area contributed by atoms with Crippen LogP contribution in [0.2, 0.25) is 0 Å². The Labute approximate surface area is 97.3 Å². The SMILES string of the molecule is CC(C)S(=O)(=O)CCN1CCOCC1CO. The van der Waals surface area contributed by atoms with Crippen LogP contribution in [-0.4, -0.2) is 68.4 Å². The lowest BCUT2D eigenvalue weighted by atomic mass is 10.2. The molecule has 1 saturated heterocycles. The first-order valence-corrected chi connectivity index (χ1v) is 7.33. The minimum Gasteiger partial charge on any atom is -0.395 e. The van der Waals surface area contributed by atoms with E-state index in [1.807, 2.05) is 4.90 Å². The third kappa shape index (κ3) is 3.69. The predicted molar refractivity (Wildman–Crippen MR) is 62.2 cm³/mol. The highest BCUT2D eigenvalue weighted by Gasteiger charge is 2.24. The molecule has 0 amide bonds. The van der Waals surface area contributed by atoms with Crippen LogP contribution in [0.4, 0.5) is 0 Å². The van der Waals surface area contributed by atoms with Crippen molar-refractivity contribution in [2.45, 2.75) is 25.1 Å². The van der Waals surface area contributed by atoms with Crippen molar-refractivity contribution in [1.82, 2.24) is 4.90 Å². The maximum absolute atomic E-state index is 11.6. The first-order chi connectivity index (χ1) is 7.47. The number of aliphatic hydroxyl groups is 1. The smallest absolute Gasteiger partial charge is 0.153 e. The minimum absolute atomic E-state index is 0.0156. The van der Waals surface area contributed by atoms with Crippen LogP contribution in [0.3, 0.4) is 0 Å². The van der Waals surface area contributed by atoms with Gasteiger partial charge >= 0.3 is 0 Å². The molecule has 1 N–H and O–H groups in total. The first kappa shape index (κ1) is 13.9. The lowest BCUT2D eigenvalue weighted by molar-refractivity contribution is -0.0245. The van der Waals surface area contributed by atoms with E-state index in [0.717, 1.165) is 0 Å². The summed E-state index contributed by atoms with van der Waals surface area (Å²) in [6, 6.07) is -0.0592. The Bertz CT molecular complexity index is 302. The summed E-state index contributed by atoms with van der Waals surface area (Å²) >= 11 is 0. The largest absolute Gasteiger partial charge is 0.395 e. The van der Waals surface area contributed by atoms with E-state index in [2.05, 4.69) is 0 Å². The number of rotatable bonds is 5. The van der Waals surface area contributed by atoms with Gasteiger partial charge in [0.15, 0.2) is 9.84 Å². The van der Waals surface area contributed by atoms with Crippen molar-refractivity contribution in [3.8, 4) is 0 Å². The minimum atomic E-state index is -2.99. The number of morpholine rings is 1. The second-order valence-electron chi connectivity index (χ2n) is 4.36. The zero-order valence-electron chi connectivity index (χ0n) is 9.92. The number of hydrogen-bond donors (Lipinski definition) is 1. The Morgan fingerprint density at radius 3 is 2.75 bits per heavy atom. The molecule has 16 heavy (non-hydrogen) atoms. The molecular weight excluding hydrogens is 230 g/mol. The van der Waals surface area contributed by atoms with E-state index in [0.29, 0.717) is 26.3 Å². The normalized spacial score (nSPS) is 23.9. The van der Waals surface area contributed by atoms with Gasteiger partial charge in [0.25, 0.3) is 0 Å². The van der Waals surface area contributed by atoms with Crippen molar-refractivity contribution in [3.05, 3.63) is 0 Å².